The molecular formula is C29H28N2O. The molecule has 160 valence electrons. The van der Waals surface area contributed by atoms with E-state index in [0.29, 0.717) is 5.92 Å². The summed E-state index contributed by atoms with van der Waals surface area (Å²) >= 11 is 0. The van der Waals surface area contributed by atoms with Crippen LogP contribution in [-0.4, -0.2) is 19.4 Å². The van der Waals surface area contributed by atoms with Gasteiger partial charge in [0.25, 0.3) is 0 Å². The largest absolute Gasteiger partial charge is 0.371 e. The maximum absolute atomic E-state index is 11.1. The first-order chi connectivity index (χ1) is 15.8. The van der Waals surface area contributed by atoms with Crippen LogP contribution >= 0.6 is 0 Å². The Hall–Kier alpha value is -3.38. The molecule has 2 aliphatic rings. The fourth-order valence-electron chi connectivity index (χ4n) is 5.55. The molecule has 0 unspecified atom stereocenters. The minimum atomic E-state index is 0.217. The topological polar surface area (TPSA) is 44.1 Å². The Balaban J connectivity index is 1.49. The minimum absolute atomic E-state index is 0.217. The Bertz CT molecular complexity index is 1120. The molecule has 0 spiro atoms. The van der Waals surface area contributed by atoms with Gasteiger partial charge in [0, 0.05) is 30.6 Å². The number of piperidine rings is 1. The van der Waals surface area contributed by atoms with Crippen molar-refractivity contribution in [2.45, 2.75) is 37.5 Å². The van der Waals surface area contributed by atoms with Crippen molar-refractivity contribution in [3.8, 4) is 6.07 Å². The van der Waals surface area contributed by atoms with E-state index in [4.69, 9.17) is 0 Å². The number of carbonyl (C=O) groups is 1. The zero-order valence-electron chi connectivity index (χ0n) is 18.3. The van der Waals surface area contributed by atoms with E-state index in [0.717, 1.165) is 50.6 Å². The first-order valence-corrected chi connectivity index (χ1v) is 11.6. The third kappa shape index (κ3) is 3.94. The van der Waals surface area contributed by atoms with E-state index >= 15 is 0 Å². The first-order valence-electron chi connectivity index (χ1n) is 11.6. The molecule has 3 aromatic carbocycles. The van der Waals surface area contributed by atoms with Gasteiger partial charge in [-0.25, -0.2) is 0 Å². The van der Waals surface area contributed by atoms with Crippen LogP contribution in [0.5, 0.6) is 0 Å². The summed E-state index contributed by atoms with van der Waals surface area (Å²) < 4.78 is 0. The van der Waals surface area contributed by atoms with Gasteiger partial charge >= 0.3 is 0 Å². The second-order valence-electron chi connectivity index (χ2n) is 9.11. The fourth-order valence-corrected chi connectivity index (χ4v) is 5.55. The second kappa shape index (κ2) is 9.01. The van der Waals surface area contributed by atoms with Gasteiger partial charge in [0.15, 0.2) is 0 Å². The zero-order chi connectivity index (χ0) is 21.9. The van der Waals surface area contributed by atoms with Crippen molar-refractivity contribution < 1.29 is 4.79 Å². The van der Waals surface area contributed by atoms with Crippen LogP contribution in [0.4, 0.5) is 5.69 Å². The molecule has 0 bridgehead atoms. The third-order valence-corrected chi connectivity index (χ3v) is 7.31. The number of hydrogen-bond acceptors (Lipinski definition) is 3. The number of anilines is 1. The second-order valence-corrected chi connectivity index (χ2v) is 9.11. The molecule has 0 amide bonds. The molecule has 1 fully saturated rings. The van der Waals surface area contributed by atoms with Crippen molar-refractivity contribution in [2.24, 2.45) is 5.92 Å². The van der Waals surface area contributed by atoms with Crippen LogP contribution in [0.15, 0.2) is 72.8 Å². The summed E-state index contributed by atoms with van der Waals surface area (Å²) in [7, 11) is 0. The maximum atomic E-state index is 11.1. The number of carbonyl (C=O) groups excluding carboxylic acids is 1. The average molecular weight is 421 g/mol. The van der Waals surface area contributed by atoms with E-state index in [1.807, 2.05) is 6.07 Å². The number of fused-ring (bicyclic) bond motifs is 1. The summed E-state index contributed by atoms with van der Waals surface area (Å²) in [4.78, 5) is 13.5. The van der Waals surface area contributed by atoms with Crippen LogP contribution in [0.1, 0.15) is 58.9 Å². The van der Waals surface area contributed by atoms with Crippen LogP contribution < -0.4 is 4.90 Å². The lowest BCUT2D eigenvalue weighted by Gasteiger charge is -2.35. The van der Waals surface area contributed by atoms with Gasteiger partial charge in [-0.1, -0.05) is 48.5 Å². The molecule has 0 radical (unpaired) electrons. The van der Waals surface area contributed by atoms with Crippen molar-refractivity contribution in [3.05, 3.63) is 101 Å². The smallest absolute Gasteiger partial charge is 0.123 e. The number of aldehydes is 1. The van der Waals surface area contributed by atoms with E-state index in [2.05, 4.69) is 77.7 Å². The SMILES string of the molecule is N#Cc1ccc2c(c1)CC[C@H](c1ccccc1)[C@@H]2c1ccc(N2CCC(C=O)CC2)cc1. The van der Waals surface area contributed by atoms with E-state index in [1.54, 1.807) is 0 Å². The highest BCUT2D eigenvalue weighted by Gasteiger charge is 2.32. The van der Waals surface area contributed by atoms with Crippen molar-refractivity contribution in [1.29, 1.82) is 5.26 Å². The molecule has 0 saturated carbocycles. The Morgan fingerprint density at radius 3 is 2.31 bits per heavy atom. The number of nitriles is 1. The van der Waals surface area contributed by atoms with Crippen LogP contribution in [0, 0.1) is 17.2 Å². The molecule has 3 aromatic rings. The van der Waals surface area contributed by atoms with Gasteiger partial charge in [0.05, 0.1) is 11.6 Å². The molecule has 1 saturated heterocycles. The highest BCUT2D eigenvalue weighted by atomic mass is 16.1. The van der Waals surface area contributed by atoms with Gasteiger partial charge < -0.3 is 9.69 Å². The molecule has 32 heavy (non-hydrogen) atoms. The molecule has 0 aromatic heterocycles. The normalized spacial score (nSPS) is 20.9. The molecule has 2 atom stereocenters. The van der Waals surface area contributed by atoms with Gasteiger partial charge in [-0.2, -0.15) is 5.26 Å². The van der Waals surface area contributed by atoms with E-state index < -0.39 is 0 Å². The first kappa shape index (κ1) is 20.5. The van der Waals surface area contributed by atoms with Crippen LogP contribution in [0.2, 0.25) is 0 Å². The summed E-state index contributed by atoms with van der Waals surface area (Å²) in [5.41, 5.74) is 7.36. The monoisotopic (exact) mass is 420 g/mol. The lowest BCUT2D eigenvalue weighted by Crippen LogP contribution is -2.34. The van der Waals surface area contributed by atoms with Gasteiger partial charge in [0.2, 0.25) is 0 Å². The predicted octanol–water partition coefficient (Wildman–Crippen LogP) is 5.84. The van der Waals surface area contributed by atoms with Gasteiger partial charge in [-0.15, -0.1) is 0 Å². The molecule has 5 rings (SSSR count). The third-order valence-electron chi connectivity index (χ3n) is 7.31. The van der Waals surface area contributed by atoms with Crippen molar-refractivity contribution in [1.82, 2.24) is 0 Å². The Morgan fingerprint density at radius 1 is 0.875 bits per heavy atom. The molecule has 1 heterocycles. The van der Waals surface area contributed by atoms with Crippen LogP contribution in [0.25, 0.3) is 0 Å². The van der Waals surface area contributed by atoms with Gasteiger partial charge in [-0.05, 0) is 78.1 Å². The summed E-state index contributed by atoms with van der Waals surface area (Å²) in [5, 5.41) is 9.36. The van der Waals surface area contributed by atoms with Crippen molar-refractivity contribution in [3.63, 3.8) is 0 Å². The minimum Gasteiger partial charge on any atom is -0.371 e. The summed E-state index contributed by atoms with van der Waals surface area (Å²) in [5.74, 6) is 0.920. The highest BCUT2D eigenvalue weighted by molar-refractivity contribution is 5.56. The van der Waals surface area contributed by atoms with E-state index in [9.17, 15) is 10.1 Å². The van der Waals surface area contributed by atoms with E-state index in [-0.39, 0.29) is 11.8 Å². The highest BCUT2D eigenvalue weighted by Crippen LogP contribution is 2.46. The molecule has 1 aliphatic carbocycles. The van der Waals surface area contributed by atoms with Gasteiger partial charge in [-0.3, -0.25) is 0 Å². The van der Waals surface area contributed by atoms with Crippen molar-refractivity contribution in [2.75, 3.05) is 18.0 Å². The molecule has 3 nitrogen and oxygen atoms in total. The van der Waals surface area contributed by atoms with Gasteiger partial charge in [0.1, 0.15) is 6.29 Å². The van der Waals surface area contributed by atoms with Crippen LogP contribution in [-0.2, 0) is 11.2 Å². The molecule has 1 aliphatic heterocycles. The zero-order valence-corrected chi connectivity index (χ0v) is 18.3. The Kier molecular flexibility index (Phi) is 5.77. The molecular weight excluding hydrogens is 392 g/mol. The molecule has 0 N–H and O–H groups in total. The molecule has 3 heteroatoms. The Morgan fingerprint density at radius 2 is 1.62 bits per heavy atom. The summed E-state index contributed by atoms with van der Waals surface area (Å²) in [6.07, 6.45) is 5.09. The number of rotatable bonds is 4. The maximum Gasteiger partial charge on any atom is 0.123 e. The Labute approximate surface area is 190 Å². The van der Waals surface area contributed by atoms with Crippen LogP contribution in [0.3, 0.4) is 0 Å². The average Bonchev–Trinajstić information content (AvgIpc) is 2.88. The quantitative estimate of drug-likeness (QED) is 0.498. The lowest BCUT2D eigenvalue weighted by atomic mass is 9.69. The summed E-state index contributed by atoms with van der Waals surface area (Å²) in [6.45, 7) is 1.89. The van der Waals surface area contributed by atoms with E-state index in [1.165, 1.54) is 27.9 Å². The predicted molar refractivity (Wildman–Crippen MR) is 128 cm³/mol. The summed E-state index contributed by atoms with van der Waals surface area (Å²) in [6, 6.07) is 28.4. The lowest BCUT2D eigenvalue weighted by molar-refractivity contribution is -0.111. The standard InChI is InChI=1S/C29H28N2O/c30-19-22-6-12-28-25(18-22)9-13-27(23-4-2-1-3-5-23)29(28)24-7-10-26(11-8-24)31-16-14-21(20-32)15-17-31/h1-8,10-12,18,20-21,27,29H,9,13-17H2/t27-,29+/m1/s1. The number of aryl methyl sites for hydroxylation is 1. The van der Waals surface area contributed by atoms with Crippen molar-refractivity contribution >= 4 is 12.0 Å². The number of hydrogen-bond donors (Lipinski definition) is 0. The number of benzene rings is 3. The number of nitrogens with zero attached hydrogens (tertiary/aromatic N) is 2. The fraction of sp³-hybridized carbons (Fsp3) is 0.310.